The van der Waals surface area contributed by atoms with Crippen LogP contribution in [-0.4, -0.2) is 41.3 Å². The second-order valence-electron chi connectivity index (χ2n) is 6.04. The molecule has 1 aliphatic heterocycles. The van der Waals surface area contributed by atoms with Gasteiger partial charge in [0.15, 0.2) is 11.6 Å². The molecule has 1 aromatic carbocycles. The fraction of sp³-hybridized carbons (Fsp3) is 0.278. The molecular weight excluding hydrogens is 342 g/mol. The quantitative estimate of drug-likeness (QED) is 0.804. The number of amides is 2. The van der Waals surface area contributed by atoms with Crippen LogP contribution in [0.15, 0.2) is 36.5 Å². The predicted molar refractivity (Wildman–Crippen MR) is 92.8 cm³/mol. The molecule has 1 saturated heterocycles. The highest BCUT2D eigenvalue weighted by atomic mass is 19.2. The van der Waals surface area contributed by atoms with Crippen molar-refractivity contribution in [2.75, 3.05) is 23.7 Å². The molecule has 1 aliphatic rings. The van der Waals surface area contributed by atoms with E-state index in [0.717, 1.165) is 31.4 Å². The van der Waals surface area contributed by atoms with Crippen molar-refractivity contribution in [3.63, 3.8) is 0 Å². The Hall–Kier alpha value is -3.03. The number of carbonyl (C=O) groups is 2. The van der Waals surface area contributed by atoms with E-state index >= 15 is 0 Å². The number of benzene rings is 1. The van der Waals surface area contributed by atoms with Crippen molar-refractivity contribution >= 4 is 23.8 Å². The van der Waals surface area contributed by atoms with Gasteiger partial charge >= 0.3 is 0 Å². The topological polar surface area (TPSA) is 74.3 Å². The molecule has 8 heteroatoms. The van der Waals surface area contributed by atoms with Gasteiger partial charge in [-0.05, 0) is 43.2 Å². The van der Waals surface area contributed by atoms with Crippen LogP contribution in [0.3, 0.4) is 0 Å². The average molecular weight is 360 g/mol. The summed E-state index contributed by atoms with van der Waals surface area (Å²) in [7, 11) is 0. The first-order valence-corrected chi connectivity index (χ1v) is 8.24. The van der Waals surface area contributed by atoms with Crippen molar-refractivity contribution < 1.29 is 18.4 Å². The Morgan fingerprint density at radius 3 is 2.65 bits per heavy atom. The molecule has 26 heavy (non-hydrogen) atoms. The van der Waals surface area contributed by atoms with E-state index in [2.05, 4.69) is 15.6 Å². The predicted octanol–water partition coefficient (Wildman–Crippen LogP) is 2.64. The number of carbonyl (C=O) groups excluding carboxylic acids is 2. The SMILES string of the molecule is O=CN1CCC(Nc2ncccc2NC(=O)c2ccc(F)c(F)c2)CC1. The van der Waals surface area contributed by atoms with Gasteiger partial charge in [-0.3, -0.25) is 9.59 Å². The minimum atomic E-state index is -1.08. The molecule has 0 atom stereocenters. The number of hydrogen-bond donors (Lipinski definition) is 2. The van der Waals surface area contributed by atoms with Crippen LogP contribution in [0, 0.1) is 11.6 Å². The number of pyridine rings is 1. The maximum Gasteiger partial charge on any atom is 0.255 e. The summed E-state index contributed by atoms with van der Waals surface area (Å²) >= 11 is 0. The lowest BCUT2D eigenvalue weighted by Gasteiger charge is -2.30. The molecule has 136 valence electrons. The third-order valence-corrected chi connectivity index (χ3v) is 4.26. The number of rotatable bonds is 5. The van der Waals surface area contributed by atoms with Crippen molar-refractivity contribution in [2.45, 2.75) is 18.9 Å². The summed E-state index contributed by atoms with van der Waals surface area (Å²) in [6, 6.07) is 6.44. The molecule has 0 radical (unpaired) electrons. The molecule has 1 fully saturated rings. The lowest BCUT2D eigenvalue weighted by Crippen LogP contribution is -2.38. The van der Waals surface area contributed by atoms with E-state index in [0.29, 0.717) is 24.6 Å². The zero-order valence-corrected chi connectivity index (χ0v) is 13.9. The van der Waals surface area contributed by atoms with Gasteiger partial charge in [0.1, 0.15) is 5.82 Å². The van der Waals surface area contributed by atoms with Gasteiger partial charge < -0.3 is 15.5 Å². The molecule has 2 N–H and O–H groups in total. The van der Waals surface area contributed by atoms with Gasteiger partial charge in [0.05, 0.1) is 5.69 Å². The molecule has 2 aromatic rings. The minimum Gasteiger partial charge on any atom is -0.365 e. The Bertz CT molecular complexity index is 808. The lowest BCUT2D eigenvalue weighted by molar-refractivity contribution is -0.118. The van der Waals surface area contributed by atoms with E-state index in [-0.39, 0.29) is 11.6 Å². The first-order valence-electron chi connectivity index (χ1n) is 8.24. The van der Waals surface area contributed by atoms with Crippen molar-refractivity contribution in [3.05, 3.63) is 53.7 Å². The van der Waals surface area contributed by atoms with E-state index in [1.807, 2.05) is 0 Å². The molecule has 0 aliphatic carbocycles. The lowest BCUT2D eigenvalue weighted by atomic mass is 10.1. The number of likely N-dealkylation sites (tertiary alicyclic amines) is 1. The molecule has 0 unspecified atom stereocenters. The summed E-state index contributed by atoms with van der Waals surface area (Å²) in [5, 5.41) is 5.93. The number of hydrogen-bond acceptors (Lipinski definition) is 4. The smallest absolute Gasteiger partial charge is 0.255 e. The molecule has 1 aromatic heterocycles. The van der Waals surface area contributed by atoms with Gasteiger partial charge in [0.25, 0.3) is 5.91 Å². The van der Waals surface area contributed by atoms with Crippen LogP contribution in [0.5, 0.6) is 0 Å². The Labute approximate surface area is 149 Å². The first-order chi connectivity index (χ1) is 12.6. The highest BCUT2D eigenvalue weighted by Crippen LogP contribution is 2.23. The maximum atomic E-state index is 13.3. The number of halogens is 2. The summed E-state index contributed by atoms with van der Waals surface area (Å²) in [4.78, 5) is 29.0. The van der Waals surface area contributed by atoms with Crippen LogP contribution in [-0.2, 0) is 4.79 Å². The number of piperidine rings is 1. The minimum absolute atomic E-state index is 0.0120. The zero-order chi connectivity index (χ0) is 18.5. The van der Waals surface area contributed by atoms with Crippen molar-refractivity contribution in [3.8, 4) is 0 Å². The van der Waals surface area contributed by atoms with Gasteiger partial charge in [0, 0.05) is 30.9 Å². The largest absolute Gasteiger partial charge is 0.365 e. The molecule has 0 spiro atoms. The average Bonchev–Trinajstić information content (AvgIpc) is 2.66. The van der Waals surface area contributed by atoms with E-state index in [1.54, 1.807) is 23.2 Å². The van der Waals surface area contributed by atoms with Crippen LogP contribution in [0.4, 0.5) is 20.3 Å². The number of aromatic nitrogens is 1. The van der Waals surface area contributed by atoms with E-state index in [4.69, 9.17) is 0 Å². The Morgan fingerprint density at radius 1 is 1.19 bits per heavy atom. The van der Waals surface area contributed by atoms with Crippen LogP contribution in [0.2, 0.25) is 0 Å². The Kier molecular flexibility index (Phi) is 5.40. The van der Waals surface area contributed by atoms with Gasteiger partial charge in [-0.2, -0.15) is 0 Å². The van der Waals surface area contributed by atoms with Gasteiger partial charge in [0.2, 0.25) is 6.41 Å². The van der Waals surface area contributed by atoms with E-state index in [9.17, 15) is 18.4 Å². The molecule has 3 rings (SSSR count). The summed E-state index contributed by atoms with van der Waals surface area (Å²) < 4.78 is 26.3. The molecular formula is C18H18F2N4O2. The summed E-state index contributed by atoms with van der Waals surface area (Å²) in [6.45, 7) is 1.31. The summed E-state index contributed by atoms with van der Waals surface area (Å²) in [5.41, 5.74) is 0.457. The Balaban J connectivity index is 1.70. The standard InChI is InChI=1S/C18H18F2N4O2/c19-14-4-3-12(10-15(14)20)18(26)23-16-2-1-7-21-17(16)22-13-5-8-24(11-25)9-6-13/h1-4,7,10-11,13H,5-6,8-9H2,(H,21,22)(H,23,26). The first kappa shape index (κ1) is 17.8. The monoisotopic (exact) mass is 360 g/mol. The zero-order valence-electron chi connectivity index (χ0n) is 13.9. The third kappa shape index (κ3) is 4.14. The van der Waals surface area contributed by atoms with Crippen molar-refractivity contribution in [2.24, 2.45) is 0 Å². The Morgan fingerprint density at radius 2 is 1.96 bits per heavy atom. The van der Waals surface area contributed by atoms with Crippen LogP contribution < -0.4 is 10.6 Å². The fourth-order valence-electron chi connectivity index (χ4n) is 2.80. The maximum absolute atomic E-state index is 13.3. The molecule has 0 bridgehead atoms. The summed E-state index contributed by atoms with van der Waals surface area (Å²) in [5.74, 6) is -2.15. The van der Waals surface area contributed by atoms with Crippen molar-refractivity contribution in [1.29, 1.82) is 0 Å². The molecule has 2 amide bonds. The summed E-state index contributed by atoms with van der Waals surface area (Å²) in [6.07, 6.45) is 3.97. The van der Waals surface area contributed by atoms with Crippen LogP contribution in [0.25, 0.3) is 0 Å². The van der Waals surface area contributed by atoms with Crippen LogP contribution in [0.1, 0.15) is 23.2 Å². The number of nitrogens with one attached hydrogen (secondary N) is 2. The molecule has 2 heterocycles. The van der Waals surface area contributed by atoms with E-state index < -0.39 is 17.5 Å². The van der Waals surface area contributed by atoms with Gasteiger partial charge in [-0.25, -0.2) is 13.8 Å². The highest BCUT2D eigenvalue weighted by Gasteiger charge is 2.20. The van der Waals surface area contributed by atoms with E-state index in [1.165, 1.54) is 6.07 Å². The number of nitrogens with zero attached hydrogens (tertiary/aromatic N) is 2. The number of anilines is 2. The van der Waals surface area contributed by atoms with Gasteiger partial charge in [-0.15, -0.1) is 0 Å². The molecule has 6 nitrogen and oxygen atoms in total. The third-order valence-electron chi connectivity index (χ3n) is 4.26. The van der Waals surface area contributed by atoms with Gasteiger partial charge in [-0.1, -0.05) is 0 Å². The fourth-order valence-corrected chi connectivity index (χ4v) is 2.80. The normalized spacial score (nSPS) is 14.8. The van der Waals surface area contributed by atoms with Crippen LogP contribution >= 0.6 is 0 Å². The van der Waals surface area contributed by atoms with Crippen molar-refractivity contribution in [1.82, 2.24) is 9.88 Å². The second-order valence-corrected chi connectivity index (χ2v) is 6.04. The second kappa shape index (κ2) is 7.90. The highest BCUT2D eigenvalue weighted by molar-refractivity contribution is 6.05. The molecule has 0 saturated carbocycles.